The first kappa shape index (κ1) is 14.3. The second-order valence-electron chi connectivity index (χ2n) is 5.41. The summed E-state index contributed by atoms with van der Waals surface area (Å²) in [6, 6.07) is 3.89. The van der Waals surface area contributed by atoms with Crippen LogP contribution >= 0.6 is 11.3 Å². The zero-order chi connectivity index (χ0) is 13.7. The standard InChI is InChI=1S/C14H22N2O2S/c1-14(18,12-8-5-9-19-12)10-15-13(17)16-11-6-3-2-4-7-11/h5,8-9,11,18H,2-4,6-7,10H2,1H3,(H2,15,16,17)/t14-/m1/s1. The Morgan fingerprint density at radius 2 is 2.21 bits per heavy atom. The van der Waals surface area contributed by atoms with Crippen LogP contribution in [0.3, 0.4) is 0 Å². The lowest BCUT2D eigenvalue weighted by molar-refractivity contribution is 0.0629. The lowest BCUT2D eigenvalue weighted by Crippen LogP contribution is -2.47. The van der Waals surface area contributed by atoms with Gasteiger partial charge in [0.25, 0.3) is 0 Å². The van der Waals surface area contributed by atoms with E-state index in [1.54, 1.807) is 6.92 Å². The van der Waals surface area contributed by atoms with Gasteiger partial charge in [-0.25, -0.2) is 4.79 Å². The highest BCUT2D eigenvalue weighted by Gasteiger charge is 2.25. The number of hydrogen-bond acceptors (Lipinski definition) is 3. The van der Waals surface area contributed by atoms with Crippen molar-refractivity contribution in [2.75, 3.05) is 6.54 Å². The second-order valence-corrected chi connectivity index (χ2v) is 6.36. The highest BCUT2D eigenvalue weighted by Crippen LogP contribution is 2.24. The molecule has 2 rings (SSSR count). The Balaban J connectivity index is 1.76. The number of urea groups is 1. The largest absolute Gasteiger partial charge is 0.383 e. The molecule has 1 fully saturated rings. The van der Waals surface area contributed by atoms with E-state index in [9.17, 15) is 9.90 Å². The second kappa shape index (κ2) is 6.39. The van der Waals surface area contributed by atoms with Crippen LogP contribution in [-0.2, 0) is 5.60 Å². The number of carbonyl (C=O) groups excluding carboxylic acids is 1. The molecule has 1 aliphatic rings. The van der Waals surface area contributed by atoms with Crippen LogP contribution < -0.4 is 10.6 Å². The van der Waals surface area contributed by atoms with Gasteiger partial charge in [0.15, 0.2) is 0 Å². The monoisotopic (exact) mass is 282 g/mol. The van der Waals surface area contributed by atoms with Crippen molar-refractivity contribution in [3.63, 3.8) is 0 Å². The van der Waals surface area contributed by atoms with Crippen molar-refractivity contribution in [2.24, 2.45) is 0 Å². The molecule has 3 N–H and O–H groups in total. The van der Waals surface area contributed by atoms with Gasteiger partial charge in [-0.3, -0.25) is 0 Å². The lowest BCUT2D eigenvalue weighted by Gasteiger charge is -2.25. The quantitative estimate of drug-likeness (QED) is 0.795. The van der Waals surface area contributed by atoms with E-state index in [1.807, 2.05) is 17.5 Å². The molecule has 0 radical (unpaired) electrons. The average Bonchev–Trinajstić information content (AvgIpc) is 2.92. The molecule has 106 valence electrons. The summed E-state index contributed by atoms with van der Waals surface area (Å²) in [7, 11) is 0. The molecule has 4 nitrogen and oxygen atoms in total. The molecular formula is C14H22N2O2S. The first-order chi connectivity index (χ1) is 9.08. The van der Waals surface area contributed by atoms with Gasteiger partial charge in [0.05, 0.1) is 6.54 Å². The Bertz CT molecular complexity index is 398. The summed E-state index contributed by atoms with van der Waals surface area (Å²) in [6.07, 6.45) is 5.78. The number of aliphatic hydroxyl groups is 1. The molecule has 1 heterocycles. The minimum Gasteiger partial charge on any atom is -0.383 e. The van der Waals surface area contributed by atoms with Crippen LogP contribution in [-0.4, -0.2) is 23.7 Å². The van der Waals surface area contributed by atoms with E-state index in [0.717, 1.165) is 17.7 Å². The van der Waals surface area contributed by atoms with E-state index in [4.69, 9.17) is 0 Å². The fraction of sp³-hybridized carbons (Fsp3) is 0.643. The van der Waals surface area contributed by atoms with E-state index in [-0.39, 0.29) is 12.6 Å². The van der Waals surface area contributed by atoms with Crippen LogP contribution in [0.25, 0.3) is 0 Å². The molecule has 1 aromatic heterocycles. The fourth-order valence-electron chi connectivity index (χ4n) is 2.41. The predicted molar refractivity (Wildman–Crippen MR) is 77.3 cm³/mol. The number of hydrogen-bond donors (Lipinski definition) is 3. The van der Waals surface area contributed by atoms with E-state index in [0.29, 0.717) is 6.04 Å². The van der Waals surface area contributed by atoms with Gasteiger partial charge >= 0.3 is 6.03 Å². The number of amides is 2. The third-order valence-electron chi connectivity index (χ3n) is 3.59. The van der Waals surface area contributed by atoms with Crippen molar-refractivity contribution < 1.29 is 9.90 Å². The van der Waals surface area contributed by atoms with Gasteiger partial charge in [0.2, 0.25) is 0 Å². The molecule has 0 aromatic carbocycles. The van der Waals surface area contributed by atoms with Crippen LogP contribution in [0.15, 0.2) is 17.5 Å². The molecule has 0 saturated heterocycles. The Morgan fingerprint density at radius 3 is 2.84 bits per heavy atom. The lowest BCUT2D eigenvalue weighted by atomic mass is 9.96. The normalized spacial score (nSPS) is 19.7. The molecule has 5 heteroatoms. The molecular weight excluding hydrogens is 260 g/mol. The number of nitrogens with one attached hydrogen (secondary N) is 2. The van der Waals surface area contributed by atoms with E-state index in [1.165, 1.54) is 30.6 Å². The summed E-state index contributed by atoms with van der Waals surface area (Å²) in [5.74, 6) is 0. The van der Waals surface area contributed by atoms with E-state index in [2.05, 4.69) is 10.6 Å². The highest BCUT2D eigenvalue weighted by molar-refractivity contribution is 7.10. The van der Waals surface area contributed by atoms with Gasteiger partial charge in [-0.05, 0) is 31.2 Å². The summed E-state index contributed by atoms with van der Waals surface area (Å²) < 4.78 is 0. The first-order valence-electron chi connectivity index (χ1n) is 6.89. The van der Waals surface area contributed by atoms with Crippen molar-refractivity contribution in [3.8, 4) is 0 Å². The fourth-order valence-corrected chi connectivity index (χ4v) is 3.19. The number of carbonyl (C=O) groups is 1. The molecule has 1 saturated carbocycles. The summed E-state index contributed by atoms with van der Waals surface area (Å²) in [6.45, 7) is 1.95. The van der Waals surface area contributed by atoms with Crippen molar-refractivity contribution in [3.05, 3.63) is 22.4 Å². The van der Waals surface area contributed by atoms with Crippen LogP contribution in [0.4, 0.5) is 4.79 Å². The Labute approximate surface area is 118 Å². The number of rotatable bonds is 4. The predicted octanol–water partition coefficient (Wildman–Crippen LogP) is 2.59. The molecule has 1 aromatic rings. The van der Waals surface area contributed by atoms with Crippen LogP contribution in [0, 0.1) is 0 Å². The summed E-state index contributed by atoms with van der Waals surface area (Å²) >= 11 is 1.50. The molecule has 19 heavy (non-hydrogen) atoms. The van der Waals surface area contributed by atoms with Gasteiger partial charge in [-0.1, -0.05) is 25.3 Å². The van der Waals surface area contributed by atoms with Crippen molar-refractivity contribution in [1.29, 1.82) is 0 Å². The van der Waals surface area contributed by atoms with Crippen LogP contribution in [0.5, 0.6) is 0 Å². The topological polar surface area (TPSA) is 61.4 Å². The van der Waals surface area contributed by atoms with Crippen molar-refractivity contribution in [1.82, 2.24) is 10.6 Å². The average molecular weight is 282 g/mol. The number of thiophene rings is 1. The van der Waals surface area contributed by atoms with Gasteiger partial charge in [-0.15, -0.1) is 11.3 Å². The maximum atomic E-state index is 11.8. The maximum absolute atomic E-state index is 11.8. The SMILES string of the molecule is C[C@@](O)(CNC(=O)NC1CCCCC1)c1cccs1. The summed E-state index contributed by atoms with van der Waals surface area (Å²) in [5.41, 5.74) is -1.00. The minimum atomic E-state index is -1.00. The summed E-state index contributed by atoms with van der Waals surface area (Å²) in [5, 5.41) is 18.0. The maximum Gasteiger partial charge on any atom is 0.315 e. The van der Waals surface area contributed by atoms with Gasteiger partial charge in [-0.2, -0.15) is 0 Å². The molecule has 0 bridgehead atoms. The zero-order valence-electron chi connectivity index (χ0n) is 11.3. The first-order valence-corrected chi connectivity index (χ1v) is 7.76. The highest BCUT2D eigenvalue weighted by atomic mass is 32.1. The van der Waals surface area contributed by atoms with Gasteiger partial charge < -0.3 is 15.7 Å². The van der Waals surface area contributed by atoms with E-state index < -0.39 is 5.60 Å². The van der Waals surface area contributed by atoms with Crippen LogP contribution in [0.2, 0.25) is 0 Å². The molecule has 1 aliphatic carbocycles. The molecule has 1 atom stereocenters. The van der Waals surface area contributed by atoms with Gasteiger partial charge in [0.1, 0.15) is 5.60 Å². The minimum absolute atomic E-state index is 0.177. The Hall–Kier alpha value is -1.07. The molecule has 2 amide bonds. The Morgan fingerprint density at radius 1 is 1.47 bits per heavy atom. The van der Waals surface area contributed by atoms with Gasteiger partial charge in [0, 0.05) is 10.9 Å². The summed E-state index contributed by atoms with van der Waals surface area (Å²) in [4.78, 5) is 12.7. The molecule has 0 spiro atoms. The smallest absolute Gasteiger partial charge is 0.315 e. The Kier molecular flexibility index (Phi) is 4.82. The third kappa shape index (κ3) is 4.21. The van der Waals surface area contributed by atoms with Crippen molar-refractivity contribution >= 4 is 17.4 Å². The third-order valence-corrected chi connectivity index (χ3v) is 4.71. The molecule has 0 unspecified atom stereocenters. The zero-order valence-corrected chi connectivity index (χ0v) is 12.1. The van der Waals surface area contributed by atoms with Crippen molar-refractivity contribution in [2.45, 2.75) is 50.7 Å². The van der Waals surface area contributed by atoms with E-state index >= 15 is 0 Å². The van der Waals surface area contributed by atoms with Crippen LogP contribution in [0.1, 0.15) is 43.9 Å². The molecule has 0 aliphatic heterocycles.